The van der Waals surface area contributed by atoms with Crippen LogP contribution in [0.4, 0.5) is 4.39 Å². The average molecular weight is 557 g/mol. The molecule has 0 aliphatic heterocycles. The second-order valence-electron chi connectivity index (χ2n) is 12.9. The molecular formula is C36H41FO4. The minimum Gasteiger partial charge on any atom is -0.497 e. The molecule has 41 heavy (non-hydrogen) atoms. The number of fused-ring (bicyclic) bond motifs is 2. The molecule has 0 saturated heterocycles. The number of esters is 1. The molecular weight excluding hydrogens is 515 g/mol. The Bertz CT molecular complexity index is 1460. The Morgan fingerprint density at radius 1 is 0.902 bits per heavy atom. The van der Waals surface area contributed by atoms with E-state index in [1.54, 1.807) is 19.2 Å². The molecule has 6 rings (SSSR count). The number of rotatable bonds is 7. The molecule has 0 bridgehead atoms. The van der Waals surface area contributed by atoms with E-state index < -0.39 is 0 Å². The van der Waals surface area contributed by atoms with Gasteiger partial charge in [-0.05, 0) is 114 Å². The molecule has 5 heteroatoms. The fourth-order valence-corrected chi connectivity index (χ4v) is 7.94. The van der Waals surface area contributed by atoms with E-state index >= 15 is 4.39 Å². The van der Waals surface area contributed by atoms with Gasteiger partial charge in [-0.2, -0.15) is 0 Å². The van der Waals surface area contributed by atoms with Crippen LogP contribution < -0.4 is 9.47 Å². The lowest BCUT2D eigenvalue weighted by molar-refractivity contribution is -0.153. The molecule has 0 heterocycles. The first-order valence-corrected chi connectivity index (χ1v) is 15.1. The largest absolute Gasteiger partial charge is 0.497 e. The third-order valence-corrected chi connectivity index (χ3v) is 10.3. The molecule has 2 unspecified atom stereocenters. The van der Waals surface area contributed by atoms with Crippen molar-refractivity contribution < 1.29 is 23.4 Å². The van der Waals surface area contributed by atoms with Crippen LogP contribution >= 0.6 is 0 Å². The number of methoxy groups -OCH3 is 2. The first-order valence-electron chi connectivity index (χ1n) is 15.1. The van der Waals surface area contributed by atoms with Crippen LogP contribution in [0.15, 0.2) is 54.6 Å². The van der Waals surface area contributed by atoms with Crippen LogP contribution in [-0.4, -0.2) is 20.2 Å². The molecule has 0 aromatic heterocycles. The average Bonchev–Trinajstić information content (AvgIpc) is 3.33. The summed E-state index contributed by atoms with van der Waals surface area (Å²) in [7, 11) is 3.11. The van der Waals surface area contributed by atoms with E-state index in [9.17, 15) is 4.79 Å². The third-order valence-electron chi connectivity index (χ3n) is 10.3. The summed E-state index contributed by atoms with van der Waals surface area (Å²) in [5.41, 5.74) is 6.36. The van der Waals surface area contributed by atoms with Gasteiger partial charge in [-0.15, -0.1) is 0 Å². The number of aryl methyl sites for hydroxylation is 1. The van der Waals surface area contributed by atoms with Crippen molar-refractivity contribution >= 4 is 5.97 Å². The molecule has 0 radical (unpaired) electrons. The van der Waals surface area contributed by atoms with Crippen LogP contribution in [0.25, 0.3) is 11.1 Å². The summed E-state index contributed by atoms with van der Waals surface area (Å²) in [5.74, 6) is 1.41. The monoisotopic (exact) mass is 556 g/mol. The topological polar surface area (TPSA) is 44.8 Å². The van der Waals surface area contributed by atoms with Crippen molar-refractivity contribution in [1.29, 1.82) is 0 Å². The summed E-state index contributed by atoms with van der Waals surface area (Å²) in [6.07, 6.45) is 8.47. The van der Waals surface area contributed by atoms with Crippen molar-refractivity contribution in [3.05, 3.63) is 82.7 Å². The van der Waals surface area contributed by atoms with Gasteiger partial charge in [0.15, 0.2) is 0 Å². The van der Waals surface area contributed by atoms with Gasteiger partial charge in [0, 0.05) is 11.0 Å². The quantitative estimate of drug-likeness (QED) is 0.274. The number of benzene rings is 3. The molecule has 2 fully saturated rings. The minimum atomic E-state index is -0.240. The third kappa shape index (κ3) is 4.91. The van der Waals surface area contributed by atoms with Crippen LogP contribution in [0.2, 0.25) is 0 Å². The van der Waals surface area contributed by atoms with Crippen molar-refractivity contribution in [2.24, 2.45) is 11.3 Å². The lowest BCUT2D eigenvalue weighted by atomic mass is 9.52. The molecule has 3 aliphatic rings. The highest BCUT2D eigenvalue weighted by Crippen LogP contribution is 2.56. The van der Waals surface area contributed by atoms with E-state index in [0.29, 0.717) is 23.8 Å². The Kier molecular flexibility index (Phi) is 7.33. The van der Waals surface area contributed by atoms with Crippen molar-refractivity contribution in [1.82, 2.24) is 0 Å². The van der Waals surface area contributed by atoms with Crippen LogP contribution in [-0.2, 0) is 28.0 Å². The molecule has 1 spiro atoms. The molecule has 3 aliphatic carbocycles. The summed E-state index contributed by atoms with van der Waals surface area (Å²) < 4.78 is 32.1. The molecule has 0 N–H and O–H groups in total. The maximum absolute atomic E-state index is 15.1. The summed E-state index contributed by atoms with van der Waals surface area (Å²) in [5, 5.41) is 0. The summed E-state index contributed by atoms with van der Waals surface area (Å²) in [4.78, 5) is 12.6. The SMILES string of the molecule is COC(=O)C1CCC12CCCc1ccc(OCc3ccc(-c4cc(OC)ccc4F)c([C@@H]4CCCC4(C)C)c3)cc12. The summed E-state index contributed by atoms with van der Waals surface area (Å²) in [6, 6.07) is 17.7. The van der Waals surface area contributed by atoms with Crippen molar-refractivity contribution in [3.63, 3.8) is 0 Å². The van der Waals surface area contributed by atoms with E-state index in [1.807, 2.05) is 0 Å². The van der Waals surface area contributed by atoms with Crippen LogP contribution in [0.5, 0.6) is 11.5 Å². The zero-order chi connectivity index (χ0) is 28.8. The zero-order valence-electron chi connectivity index (χ0n) is 24.7. The number of hydrogen-bond acceptors (Lipinski definition) is 4. The highest BCUT2D eigenvalue weighted by Gasteiger charge is 2.53. The van der Waals surface area contributed by atoms with Gasteiger partial charge in [0.05, 0.1) is 20.1 Å². The van der Waals surface area contributed by atoms with Crippen LogP contribution in [0.1, 0.15) is 87.0 Å². The second kappa shape index (κ2) is 10.8. The van der Waals surface area contributed by atoms with E-state index in [-0.39, 0.29) is 28.5 Å². The van der Waals surface area contributed by atoms with Crippen molar-refractivity contribution in [3.8, 4) is 22.6 Å². The van der Waals surface area contributed by atoms with Gasteiger partial charge in [-0.25, -0.2) is 4.39 Å². The normalized spacial score (nSPS) is 24.4. The molecule has 3 aromatic carbocycles. The lowest BCUT2D eigenvalue weighted by Crippen LogP contribution is -2.50. The van der Waals surface area contributed by atoms with Gasteiger partial charge in [0.2, 0.25) is 0 Å². The first-order chi connectivity index (χ1) is 19.8. The molecule has 4 nitrogen and oxygen atoms in total. The Labute approximate surface area is 243 Å². The zero-order valence-corrected chi connectivity index (χ0v) is 24.7. The maximum Gasteiger partial charge on any atom is 0.309 e. The molecule has 216 valence electrons. The van der Waals surface area contributed by atoms with Crippen molar-refractivity contribution in [2.45, 2.75) is 83.2 Å². The Morgan fingerprint density at radius 3 is 2.44 bits per heavy atom. The molecule has 2 saturated carbocycles. The molecule has 0 amide bonds. The van der Waals surface area contributed by atoms with Gasteiger partial charge >= 0.3 is 5.97 Å². The van der Waals surface area contributed by atoms with E-state index in [1.165, 1.54) is 36.3 Å². The fraction of sp³-hybridized carbons (Fsp3) is 0.472. The predicted octanol–water partition coefficient (Wildman–Crippen LogP) is 8.53. The van der Waals surface area contributed by atoms with Crippen molar-refractivity contribution in [2.75, 3.05) is 14.2 Å². The van der Waals surface area contributed by atoms with Gasteiger partial charge < -0.3 is 14.2 Å². The number of ether oxygens (including phenoxy) is 3. The van der Waals surface area contributed by atoms with Gasteiger partial charge in [0.1, 0.15) is 23.9 Å². The standard InChI is InChI=1S/C36H41FO4/c1-35(2)16-6-8-30(35)28-19-23(9-13-27(28)29-20-25(39-3)12-14-33(29)37)22-41-26-11-10-24-7-5-17-36(32(24)21-26)18-15-31(36)34(38)40-4/h9-14,19-21,30-31H,5-8,15-18,22H2,1-4H3/t30-,31?,36?/m0/s1. The summed E-state index contributed by atoms with van der Waals surface area (Å²) >= 11 is 0. The fourth-order valence-electron chi connectivity index (χ4n) is 7.94. The smallest absolute Gasteiger partial charge is 0.309 e. The molecule has 3 aromatic rings. The number of carbonyl (C=O) groups is 1. The van der Waals surface area contributed by atoms with Gasteiger partial charge in [0.25, 0.3) is 0 Å². The lowest BCUT2D eigenvalue weighted by Gasteiger charge is -2.51. The highest BCUT2D eigenvalue weighted by atomic mass is 19.1. The first kappa shape index (κ1) is 27.8. The Morgan fingerprint density at radius 2 is 1.73 bits per heavy atom. The number of halogens is 1. The van der Waals surface area contributed by atoms with Crippen LogP contribution in [0, 0.1) is 17.2 Å². The predicted molar refractivity (Wildman–Crippen MR) is 159 cm³/mol. The van der Waals surface area contributed by atoms with E-state index in [0.717, 1.165) is 61.8 Å². The summed E-state index contributed by atoms with van der Waals surface area (Å²) in [6.45, 7) is 5.07. The van der Waals surface area contributed by atoms with Gasteiger partial charge in [-0.3, -0.25) is 4.79 Å². The minimum absolute atomic E-state index is 0.0660. The number of hydrogen-bond donors (Lipinski definition) is 0. The van der Waals surface area contributed by atoms with Gasteiger partial charge in [-0.1, -0.05) is 44.5 Å². The number of carbonyl (C=O) groups excluding carboxylic acids is 1. The Hall–Kier alpha value is -3.34. The van der Waals surface area contributed by atoms with E-state index in [2.05, 4.69) is 50.2 Å². The highest BCUT2D eigenvalue weighted by molar-refractivity contribution is 5.76. The van der Waals surface area contributed by atoms with E-state index in [4.69, 9.17) is 14.2 Å². The maximum atomic E-state index is 15.1. The second-order valence-corrected chi connectivity index (χ2v) is 12.9. The Balaban J connectivity index is 1.31. The molecule has 3 atom stereocenters. The van der Waals surface area contributed by atoms with Crippen LogP contribution in [0.3, 0.4) is 0 Å².